The van der Waals surface area contributed by atoms with E-state index in [2.05, 4.69) is 4.98 Å². The number of ether oxygens (including phenoxy) is 1. The van der Waals surface area contributed by atoms with Gasteiger partial charge in [-0.1, -0.05) is 18.2 Å². The van der Waals surface area contributed by atoms with Crippen LogP contribution in [-0.4, -0.2) is 20.8 Å². The maximum atomic E-state index is 12.3. The molecular weight excluding hydrogens is 254 g/mol. The average molecular weight is 269 g/mol. The van der Waals surface area contributed by atoms with Crippen molar-refractivity contribution in [1.29, 1.82) is 0 Å². The van der Waals surface area contributed by atoms with Gasteiger partial charge in [-0.3, -0.25) is 4.79 Å². The normalized spacial score (nSPS) is 10.9. The van der Waals surface area contributed by atoms with Crippen molar-refractivity contribution in [2.24, 2.45) is 0 Å². The predicted molar refractivity (Wildman–Crippen MR) is 76.7 cm³/mol. The molecule has 0 spiro atoms. The minimum atomic E-state index is -0.129. The predicted octanol–water partition coefficient (Wildman–Crippen LogP) is 2.19. The second-order valence-electron chi connectivity index (χ2n) is 4.47. The SMILES string of the molecule is CCOc1cc(C)nc2cc(=O)n(-c3ccccc3)n12. The largest absolute Gasteiger partial charge is 0.478 e. The molecule has 0 fully saturated rings. The fourth-order valence-corrected chi connectivity index (χ4v) is 2.24. The van der Waals surface area contributed by atoms with Crippen LogP contribution in [0, 0.1) is 6.92 Å². The zero-order chi connectivity index (χ0) is 14.1. The number of benzene rings is 1. The summed E-state index contributed by atoms with van der Waals surface area (Å²) in [6.07, 6.45) is 0. The van der Waals surface area contributed by atoms with Gasteiger partial charge in [-0.25, -0.2) is 9.67 Å². The molecule has 0 radical (unpaired) electrons. The lowest BCUT2D eigenvalue weighted by molar-refractivity contribution is 0.313. The van der Waals surface area contributed by atoms with E-state index in [0.717, 1.165) is 11.4 Å². The van der Waals surface area contributed by atoms with Crippen molar-refractivity contribution in [3.63, 3.8) is 0 Å². The lowest BCUT2D eigenvalue weighted by Crippen LogP contribution is -2.18. The van der Waals surface area contributed by atoms with Crippen molar-refractivity contribution in [2.75, 3.05) is 6.61 Å². The Hall–Kier alpha value is -2.56. The Balaban J connectivity index is 2.37. The quantitative estimate of drug-likeness (QED) is 0.732. The molecule has 2 aromatic heterocycles. The van der Waals surface area contributed by atoms with Crippen LogP contribution in [0.5, 0.6) is 5.88 Å². The van der Waals surface area contributed by atoms with Crippen LogP contribution in [0.15, 0.2) is 47.3 Å². The summed E-state index contributed by atoms with van der Waals surface area (Å²) in [7, 11) is 0. The van der Waals surface area contributed by atoms with Gasteiger partial charge in [0.25, 0.3) is 5.56 Å². The highest BCUT2D eigenvalue weighted by Crippen LogP contribution is 2.17. The van der Waals surface area contributed by atoms with Crippen molar-refractivity contribution in [3.05, 3.63) is 58.5 Å². The van der Waals surface area contributed by atoms with E-state index in [1.807, 2.05) is 50.2 Å². The van der Waals surface area contributed by atoms with E-state index in [0.29, 0.717) is 18.1 Å². The van der Waals surface area contributed by atoms with E-state index in [4.69, 9.17) is 4.74 Å². The fraction of sp³-hybridized carbons (Fsp3) is 0.200. The third-order valence-electron chi connectivity index (χ3n) is 3.00. The molecule has 5 nitrogen and oxygen atoms in total. The lowest BCUT2D eigenvalue weighted by Gasteiger charge is -2.12. The minimum Gasteiger partial charge on any atom is -0.478 e. The molecule has 0 saturated heterocycles. The van der Waals surface area contributed by atoms with Gasteiger partial charge < -0.3 is 4.74 Å². The Morgan fingerprint density at radius 1 is 1.20 bits per heavy atom. The molecule has 102 valence electrons. The molecule has 0 unspecified atom stereocenters. The van der Waals surface area contributed by atoms with Gasteiger partial charge in [0, 0.05) is 11.8 Å². The van der Waals surface area contributed by atoms with E-state index >= 15 is 0 Å². The molecule has 0 aliphatic rings. The van der Waals surface area contributed by atoms with Crippen molar-refractivity contribution < 1.29 is 4.74 Å². The maximum absolute atomic E-state index is 12.3. The van der Waals surface area contributed by atoms with E-state index in [1.165, 1.54) is 6.07 Å². The van der Waals surface area contributed by atoms with Crippen LogP contribution in [0.1, 0.15) is 12.6 Å². The number of aryl methyl sites for hydroxylation is 1. The number of hydrogen-bond donors (Lipinski definition) is 0. The van der Waals surface area contributed by atoms with Gasteiger partial charge in [-0.2, -0.15) is 4.52 Å². The number of aromatic nitrogens is 3. The van der Waals surface area contributed by atoms with Crippen LogP contribution >= 0.6 is 0 Å². The summed E-state index contributed by atoms with van der Waals surface area (Å²) in [5, 5.41) is 0. The van der Waals surface area contributed by atoms with Crippen LogP contribution in [0.2, 0.25) is 0 Å². The number of fused-ring (bicyclic) bond motifs is 1. The van der Waals surface area contributed by atoms with Gasteiger partial charge in [-0.15, -0.1) is 0 Å². The van der Waals surface area contributed by atoms with Gasteiger partial charge in [-0.05, 0) is 26.0 Å². The first-order valence-corrected chi connectivity index (χ1v) is 6.51. The molecule has 3 aromatic rings. The number of rotatable bonds is 3. The summed E-state index contributed by atoms with van der Waals surface area (Å²) in [5.41, 5.74) is 2.06. The van der Waals surface area contributed by atoms with Gasteiger partial charge in [0.05, 0.1) is 18.4 Å². The highest BCUT2D eigenvalue weighted by molar-refractivity contribution is 5.45. The highest BCUT2D eigenvalue weighted by atomic mass is 16.5. The molecule has 1 aromatic carbocycles. The van der Waals surface area contributed by atoms with E-state index in [-0.39, 0.29) is 5.56 Å². The first-order chi connectivity index (χ1) is 9.70. The Kier molecular flexibility index (Phi) is 3.02. The summed E-state index contributed by atoms with van der Waals surface area (Å²) in [4.78, 5) is 16.6. The monoisotopic (exact) mass is 269 g/mol. The zero-order valence-corrected chi connectivity index (χ0v) is 11.4. The van der Waals surface area contributed by atoms with Crippen LogP contribution in [0.4, 0.5) is 0 Å². The topological polar surface area (TPSA) is 48.5 Å². The summed E-state index contributed by atoms with van der Waals surface area (Å²) in [6, 6.07) is 12.8. The summed E-state index contributed by atoms with van der Waals surface area (Å²) in [6.45, 7) is 4.32. The second kappa shape index (κ2) is 4.85. The molecule has 0 N–H and O–H groups in total. The molecule has 20 heavy (non-hydrogen) atoms. The maximum Gasteiger partial charge on any atom is 0.274 e. The number of nitrogens with zero attached hydrogens (tertiary/aromatic N) is 3. The molecule has 3 rings (SSSR count). The van der Waals surface area contributed by atoms with Crippen LogP contribution in [0.25, 0.3) is 11.3 Å². The van der Waals surface area contributed by atoms with Crippen LogP contribution < -0.4 is 10.3 Å². The fourth-order valence-electron chi connectivity index (χ4n) is 2.24. The Bertz CT molecular complexity index is 803. The molecule has 0 saturated carbocycles. The minimum absolute atomic E-state index is 0.129. The van der Waals surface area contributed by atoms with E-state index in [1.54, 1.807) is 9.20 Å². The molecular formula is C15H15N3O2. The first-order valence-electron chi connectivity index (χ1n) is 6.51. The average Bonchev–Trinajstić information content (AvgIpc) is 2.76. The second-order valence-corrected chi connectivity index (χ2v) is 4.47. The summed E-state index contributed by atoms with van der Waals surface area (Å²) < 4.78 is 8.90. The molecule has 5 heteroatoms. The third kappa shape index (κ3) is 1.97. The van der Waals surface area contributed by atoms with E-state index in [9.17, 15) is 4.79 Å². The van der Waals surface area contributed by atoms with Crippen molar-refractivity contribution >= 4 is 5.65 Å². The van der Waals surface area contributed by atoms with Crippen LogP contribution in [0.3, 0.4) is 0 Å². The molecule has 2 heterocycles. The number of para-hydroxylation sites is 1. The zero-order valence-electron chi connectivity index (χ0n) is 11.4. The van der Waals surface area contributed by atoms with Crippen molar-refractivity contribution in [3.8, 4) is 11.6 Å². The third-order valence-corrected chi connectivity index (χ3v) is 3.00. The Morgan fingerprint density at radius 2 is 1.95 bits per heavy atom. The Labute approximate surface area is 116 Å². The molecule has 0 atom stereocenters. The lowest BCUT2D eigenvalue weighted by atomic mass is 10.3. The van der Waals surface area contributed by atoms with Crippen molar-refractivity contribution in [1.82, 2.24) is 14.2 Å². The highest BCUT2D eigenvalue weighted by Gasteiger charge is 2.13. The first kappa shape index (κ1) is 12.5. The van der Waals surface area contributed by atoms with Gasteiger partial charge in [0.15, 0.2) is 5.65 Å². The summed E-state index contributed by atoms with van der Waals surface area (Å²) >= 11 is 0. The molecule has 0 amide bonds. The van der Waals surface area contributed by atoms with Crippen LogP contribution in [-0.2, 0) is 0 Å². The van der Waals surface area contributed by atoms with Gasteiger partial charge in [0.2, 0.25) is 5.88 Å². The van der Waals surface area contributed by atoms with E-state index < -0.39 is 0 Å². The van der Waals surface area contributed by atoms with Crippen molar-refractivity contribution in [2.45, 2.75) is 13.8 Å². The summed E-state index contributed by atoms with van der Waals surface area (Å²) in [5.74, 6) is 0.612. The molecule has 0 bridgehead atoms. The van der Waals surface area contributed by atoms with Gasteiger partial charge in [0.1, 0.15) is 0 Å². The molecule has 0 aliphatic heterocycles. The smallest absolute Gasteiger partial charge is 0.274 e. The number of hydrogen-bond acceptors (Lipinski definition) is 3. The Morgan fingerprint density at radius 3 is 2.65 bits per heavy atom. The molecule has 0 aliphatic carbocycles. The standard InChI is InChI=1S/C15H15N3O2/c1-3-20-15-9-11(2)16-13-10-14(19)17(18(13)15)12-7-5-4-6-8-12/h4-10H,3H2,1-2H3. The van der Waals surface area contributed by atoms with Gasteiger partial charge >= 0.3 is 0 Å².